The van der Waals surface area contributed by atoms with E-state index in [2.05, 4.69) is 15.1 Å². The fourth-order valence-corrected chi connectivity index (χ4v) is 2.33. The largest absolute Gasteiger partial charge is 0.481 e. The first kappa shape index (κ1) is 14.0. The summed E-state index contributed by atoms with van der Waals surface area (Å²) in [6.07, 6.45) is 0. The lowest BCUT2D eigenvalue weighted by atomic mass is 9.97. The van der Waals surface area contributed by atoms with E-state index in [-0.39, 0.29) is 17.3 Å². The van der Waals surface area contributed by atoms with Gasteiger partial charge in [0.2, 0.25) is 11.8 Å². The molecule has 2 atom stereocenters. The van der Waals surface area contributed by atoms with Gasteiger partial charge in [-0.25, -0.2) is 0 Å². The lowest BCUT2D eigenvalue weighted by molar-refractivity contribution is -0.142. The van der Waals surface area contributed by atoms with Crippen LogP contribution in [-0.2, 0) is 16.8 Å². The third-order valence-corrected chi connectivity index (χ3v) is 3.47. The number of rotatable bonds is 3. The second-order valence-corrected chi connectivity index (χ2v) is 6.37. The van der Waals surface area contributed by atoms with Crippen molar-refractivity contribution in [3.63, 3.8) is 0 Å². The molecule has 1 N–H and O–H groups in total. The van der Waals surface area contributed by atoms with Gasteiger partial charge < -0.3 is 9.52 Å². The summed E-state index contributed by atoms with van der Waals surface area (Å²) in [5, 5.41) is 17.2. The molecular formula is C13H21N3O3. The Balaban J connectivity index is 1.99. The van der Waals surface area contributed by atoms with Crippen LogP contribution in [0, 0.1) is 11.8 Å². The maximum atomic E-state index is 11.1. The smallest absolute Gasteiger partial charge is 0.308 e. The standard InChI is InChI=1S/C13H21N3O3/c1-8-5-16(6-9(8)11(17)18)7-10-14-15-12(19-10)13(2,3)4/h8-9H,5-7H2,1-4H3,(H,17,18)/t8-,9-/m1/s1. The number of carboxylic acids is 1. The van der Waals surface area contributed by atoms with Crippen LogP contribution >= 0.6 is 0 Å². The monoisotopic (exact) mass is 267 g/mol. The highest BCUT2D eigenvalue weighted by Gasteiger charge is 2.35. The van der Waals surface area contributed by atoms with Gasteiger partial charge in [0.15, 0.2) is 0 Å². The van der Waals surface area contributed by atoms with Crippen molar-refractivity contribution in [1.82, 2.24) is 15.1 Å². The minimum Gasteiger partial charge on any atom is -0.481 e. The van der Waals surface area contributed by atoms with Gasteiger partial charge >= 0.3 is 5.97 Å². The van der Waals surface area contributed by atoms with E-state index in [4.69, 9.17) is 9.52 Å². The summed E-state index contributed by atoms with van der Waals surface area (Å²) in [5.74, 6) is 0.302. The van der Waals surface area contributed by atoms with Gasteiger partial charge in [-0.3, -0.25) is 9.69 Å². The molecule has 2 heterocycles. The molecule has 106 valence electrons. The van der Waals surface area contributed by atoms with Gasteiger partial charge in [-0.15, -0.1) is 10.2 Å². The van der Waals surface area contributed by atoms with Gasteiger partial charge in [0.25, 0.3) is 0 Å². The average molecular weight is 267 g/mol. The highest BCUT2D eigenvalue weighted by atomic mass is 16.4. The lowest BCUT2D eigenvalue weighted by Gasteiger charge is -2.13. The molecule has 2 rings (SSSR count). The van der Waals surface area contributed by atoms with E-state index in [9.17, 15) is 4.79 Å². The van der Waals surface area contributed by atoms with E-state index in [1.54, 1.807) is 0 Å². The zero-order valence-corrected chi connectivity index (χ0v) is 11.9. The van der Waals surface area contributed by atoms with E-state index >= 15 is 0 Å². The van der Waals surface area contributed by atoms with Crippen molar-refractivity contribution in [2.75, 3.05) is 13.1 Å². The molecule has 1 aliphatic heterocycles. The molecule has 0 aliphatic carbocycles. The molecule has 0 unspecified atom stereocenters. The Morgan fingerprint density at radius 1 is 1.42 bits per heavy atom. The molecule has 0 amide bonds. The van der Waals surface area contributed by atoms with Crippen molar-refractivity contribution in [2.45, 2.75) is 39.7 Å². The molecule has 1 saturated heterocycles. The van der Waals surface area contributed by atoms with Crippen molar-refractivity contribution in [3.8, 4) is 0 Å². The molecule has 1 fully saturated rings. The normalized spacial score (nSPS) is 24.8. The van der Waals surface area contributed by atoms with Gasteiger partial charge in [-0.2, -0.15) is 0 Å². The molecule has 1 aromatic heterocycles. The number of aromatic nitrogens is 2. The van der Waals surface area contributed by atoms with E-state index in [1.165, 1.54) is 0 Å². The molecule has 0 radical (unpaired) electrons. The predicted molar refractivity (Wildman–Crippen MR) is 68.6 cm³/mol. The van der Waals surface area contributed by atoms with Crippen molar-refractivity contribution >= 4 is 5.97 Å². The highest BCUT2D eigenvalue weighted by molar-refractivity contribution is 5.71. The number of nitrogens with zero attached hydrogens (tertiary/aromatic N) is 3. The summed E-state index contributed by atoms with van der Waals surface area (Å²) in [6, 6.07) is 0. The molecule has 0 bridgehead atoms. The first-order valence-corrected chi connectivity index (χ1v) is 6.55. The Hall–Kier alpha value is -1.43. The lowest BCUT2D eigenvalue weighted by Crippen LogP contribution is -2.23. The van der Waals surface area contributed by atoms with Gasteiger partial charge in [-0.1, -0.05) is 27.7 Å². The summed E-state index contributed by atoms with van der Waals surface area (Å²) in [7, 11) is 0. The van der Waals surface area contributed by atoms with Crippen LogP contribution in [0.25, 0.3) is 0 Å². The van der Waals surface area contributed by atoms with Crippen LogP contribution in [0.4, 0.5) is 0 Å². The molecule has 0 aromatic carbocycles. The summed E-state index contributed by atoms with van der Waals surface area (Å²) < 4.78 is 5.63. The van der Waals surface area contributed by atoms with Gasteiger partial charge in [0.05, 0.1) is 12.5 Å². The Morgan fingerprint density at radius 2 is 2.11 bits per heavy atom. The number of carbonyl (C=O) groups is 1. The second kappa shape index (κ2) is 4.92. The molecule has 0 spiro atoms. The van der Waals surface area contributed by atoms with E-state index in [0.29, 0.717) is 24.9 Å². The Morgan fingerprint density at radius 3 is 2.58 bits per heavy atom. The van der Waals surface area contributed by atoms with Crippen molar-refractivity contribution in [3.05, 3.63) is 11.8 Å². The van der Waals surface area contributed by atoms with Crippen LogP contribution in [0.2, 0.25) is 0 Å². The number of hydrogen-bond acceptors (Lipinski definition) is 5. The maximum Gasteiger partial charge on any atom is 0.308 e. The number of hydrogen-bond donors (Lipinski definition) is 1. The quantitative estimate of drug-likeness (QED) is 0.894. The van der Waals surface area contributed by atoms with Crippen molar-refractivity contribution < 1.29 is 14.3 Å². The third kappa shape index (κ3) is 3.12. The zero-order valence-electron chi connectivity index (χ0n) is 11.9. The van der Waals surface area contributed by atoms with E-state index in [0.717, 1.165) is 6.54 Å². The topological polar surface area (TPSA) is 79.5 Å². The van der Waals surface area contributed by atoms with E-state index in [1.807, 2.05) is 27.7 Å². The second-order valence-electron chi connectivity index (χ2n) is 6.37. The summed E-state index contributed by atoms with van der Waals surface area (Å²) in [6.45, 7) is 9.84. The Kier molecular flexibility index (Phi) is 3.62. The molecule has 1 aromatic rings. The number of aliphatic carboxylic acids is 1. The average Bonchev–Trinajstić information content (AvgIpc) is 2.85. The molecule has 6 nitrogen and oxygen atoms in total. The molecular weight excluding hydrogens is 246 g/mol. The fraction of sp³-hybridized carbons (Fsp3) is 0.769. The first-order chi connectivity index (χ1) is 8.77. The molecule has 6 heteroatoms. The predicted octanol–water partition coefficient (Wildman–Crippen LogP) is 1.52. The van der Waals surface area contributed by atoms with Crippen LogP contribution in [-0.4, -0.2) is 39.3 Å². The molecule has 1 aliphatic rings. The minimum absolute atomic E-state index is 0.155. The van der Waals surface area contributed by atoms with Crippen LogP contribution in [0.15, 0.2) is 4.42 Å². The molecule has 0 saturated carbocycles. The summed E-state index contributed by atoms with van der Waals surface area (Å²) >= 11 is 0. The van der Waals surface area contributed by atoms with Crippen LogP contribution in [0.3, 0.4) is 0 Å². The van der Waals surface area contributed by atoms with Crippen LogP contribution < -0.4 is 0 Å². The Bertz CT molecular complexity index is 464. The third-order valence-electron chi connectivity index (χ3n) is 3.47. The minimum atomic E-state index is -0.726. The van der Waals surface area contributed by atoms with E-state index < -0.39 is 5.97 Å². The Labute approximate surface area is 112 Å². The molecule has 19 heavy (non-hydrogen) atoms. The van der Waals surface area contributed by atoms with Crippen LogP contribution in [0.5, 0.6) is 0 Å². The summed E-state index contributed by atoms with van der Waals surface area (Å²) in [4.78, 5) is 13.1. The van der Waals surface area contributed by atoms with Gasteiger partial charge in [-0.05, 0) is 5.92 Å². The first-order valence-electron chi connectivity index (χ1n) is 6.55. The zero-order chi connectivity index (χ0) is 14.2. The van der Waals surface area contributed by atoms with Gasteiger partial charge in [0.1, 0.15) is 0 Å². The van der Waals surface area contributed by atoms with Gasteiger partial charge in [0, 0.05) is 18.5 Å². The fourth-order valence-electron chi connectivity index (χ4n) is 2.33. The SMILES string of the molecule is C[C@@H]1CN(Cc2nnc(C(C)(C)C)o2)C[C@H]1C(=O)O. The number of likely N-dealkylation sites (tertiary alicyclic amines) is 1. The highest BCUT2D eigenvalue weighted by Crippen LogP contribution is 2.25. The van der Waals surface area contributed by atoms with Crippen molar-refractivity contribution in [1.29, 1.82) is 0 Å². The number of carboxylic acid groups (broad SMARTS) is 1. The maximum absolute atomic E-state index is 11.1. The summed E-state index contributed by atoms with van der Waals surface area (Å²) in [5.41, 5.74) is -0.160. The van der Waals surface area contributed by atoms with Crippen molar-refractivity contribution in [2.24, 2.45) is 11.8 Å². The van der Waals surface area contributed by atoms with Crippen LogP contribution in [0.1, 0.15) is 39.5 Å².